The number of anilines is 1. The van der Waals surface area contributed by atoms with E-state index in [-0.39, 0.29) is 6.54 Å². The zero-order valence-corrected chi connectivity index (χ0v) is 16.3. The number of hydrogen-bond donors (Lipinski definition) is 1. The largest absolute Gasteiger partial charge is 0.487 e. The Bertz CT molecular complexity index is 1060. The number of rotatable bonds is 3. The van der Waals surface area contributed by atoms with Crippen molar-refractivity contribution >= 4 is 16.7 Å². The van der Waals surface area contributed by atoms with Gasteiger partial charge in [-0.05, 0) is 30.7 Å². The first-order valence-electron chi connectivity index (χ1n) is 9.46. The van der Waals surface area contributed by atoms with Crippen LogP contribution in [0.3, 0.4) is 0 Å². The van der Waals surface area contributed by atoms with Crippen molar-refractivity contribution in [2.75, 3.05) is 31.7 Å². The van der Waals surface area contributed by atoms with Gasteiger partial charge in [-0.15, -0.1) is 0 Å². The highest BCUT2D eigenvalue weighted by molar-refractivity contribution is 5.91. The third-order valence-electron chi connectivity index (χ3n) is 4.56. The highest BCUT2D eigenvalue weighted by atomic mass is 19.4. The van der Waals surface area contributed by atoms with Crippen LogP contribution in [-0.2, 0) is 17.5 Å². The number of nitrogens with zero attached hydrogens (tertiary/aromatic N) is 2. The molecule has 1 aromatic heterocycles. The molecule has 9 heteroatoms. The standard InChI is InChI=1S/C21H20F3N3O3/c1-13-26-17-11-19-18(29-7-5-28-6-8-30-19)10-16(17)20(27-13)25-12-14-3-2-4-15(9-14)21(22,23)24/h2-4,9-11H,5-8,12H2,1H3,(H,25,26,27). The Morgan fingerprint density at radius 3 is 2.43 bits per heavy atom. The van der Waals surface area contributed by atoms with Crippen molar-refractivity contribution in [3.63, 3.8) is 0 Å². The molecule has 1 N–H and O–H groups in total. The van der Waals surface area contributed by atoms with Gasteiger partial charge in [-0.2, -0.15) is 13.2 Å². The summed E-state index contributed by atoms with van der Waals surface area (Å²) in [6.07, 6.45) is -4.38. The second-order valence-electron chi connectivity index (χ2n) is 6.80. The van der Waals surface area contributed by atoms with Gasteiger partial charge in [-0.1, -0.05) is 12.1 Å². The summed E-state index contributed by atoms with van der Waals surface area (Å²) in [5.74, 6) is 2.15. The van der Waals surface area contributed by atoms with E-state index in [1.54, 1.807) is 25.1 Å². The quantitative estimate of drug-likeness (QED) is 0.681. The molecule has 158 valence electrons. The van der Waals surface area contributed by atoms with Gasteiger partial charge in [0.05, 0.1) is 24.3 Å². The summed E-state index contributed by atoms with van der Waals surface area (Å²) >= 11 is 0. The average Bonchev–Trinajstić information content (AvgIpc) is 2.82. The van der Waals surface area contributed by atoms with Gasteiger partial charge in [0, 0.05) is 18.0 Å². The number of aryl methyl sites for hydroxylation is 1. The van der Waals surface area contributed by atoms with Gasteiger partial charge < -0.3 is 19.5 Å². The van der Waals surface area contributed by atoms with Crippen LogP contribution < -0.4 is 14.8 Å². The number of nitrogens with one attached hydrogen (secondary N) is 1. The summed E-state index contributed by atoms with van der Waals surface area (Å²) in [5, 5.41) is 3.82. The SMILES string of the molecule is Cc1nc(NCc2cccc(C(F)(F)F)c2)c2cc3c(cc2n1)OCCOCCO3. The van der Waals surface area contributed by atoms with Gasteiger partial charge in [-0.3, -0.25) is 0 Å². The Balaban J connectivity index is 1.65. The number of benzene rings is 2. The summed E-state index contributed by atoms with van der Waals surface area (Å²) < 4.78 is 55.8. The molecule has 6 nitrogen and oxygen atoms in total. The van der Waals surface area contributed by atoms with E-state index in [1.165, 1.54) is 6.07 Å². The fourth-order valence-corrected chi connectivity index (χ4v) is 3.18. The first-order valence-corrected chi connectivity index (χ1v) is 9.46. The number of ether oxygens (including phenoxy) is 3. The van der Waals surface area contributed by atoms with Crippen LogP contribution in [0.15, 0.2) is 36.4 Å². The second kappa shape index (κ2) is 8.35. The maximum absolute atomic E-state index is 13.0. The molecular formula is C21H20F3N3O3. The van der Waals surface area contributed by atoms with Crippen LogP contribution in [0.4, 0.5) is 19.0 Å². The van der Waals surface area contributed by atoms with E-state index in [4.69, 9.17) is 14.2 Å². The van der Waals surface area contributed by atoms with Crippen LogP contribution >= 0.6 is 0 Å². The van der Waals surface area contributed by atoms with Crippen molar-refractivity contribution in [1.82, 2.24) is 9.97 Å². The van der Waals surface area contributed by atoms with Crippen LogP contribution in [0.1, 0.15) is 17.0 Å². The first-order chi connectivity index (χ1) is 14.4. The van der Waals surface area contributed by atoms with E-state index in [1.807, 2.05) is 0 Å². The lowest BCUT2D eigenvalue weighted by Gasteiger charge is -2.15. The van der Waals surface area contributed by atoms with Gasteiger partial charge in [-0.25, -0.2) is 9.97 Å². The predicted octanol–water partition coefficient (Wildman–Crippen LogP) is 4.36. The number of aromatic nitrogens is 2. The minimum absolute atomic E-state index is 0.178. The maximum atomic E-state index is 13.0. The van der Waals surface area contributed by atoms with Crippen molar-refractivity contribution in [2.24, 2.45) is 0 Å². The van der Waals surface area contributed by atoms with Crippen LogP contribution in [0.2, 0.25) is 0 Å². The molecule has 0 unspecified atom stereocenters. The molecule has 2 heterocycles. The van der Waals surface area contributed by atoms with Crippen LogP contribution in [0.5, 0.6) is 11.5 Å². The fraction of sp³-hybridized carbons (Fsp3) is 0.333. The van der Waals surface area contributed by atoms with Crippen LogP contribution in [0, 0.1) is 6.92 Å². The maximum Gasteiger partial charge on any atom is 0.416 e. The highest BCUT2D eigenvalue weighted by Gasteiger charge is 2.30. The molecule has 4 rings (SSSR count). The molecule has 1 aliphatic rings. The van der Waals surface area contributed by atoms with E-state index >= 15 is 0 Å². The van der Waals surface area contributed by atoms with Crippen LogP contribution in [-0.4, -0.2) is 36.4 Å². The van der Waals surface area contributed by atoms with Gasteiger partial charge in [0.15, 0.2) is 11.5 Å². The zero-order chi connectivity index (χ0) is 21.1. The molecule has 0 spiro atoms. The first kappa shape index (κ1) is 20.2. The van der Waals surface area contributed by atoms with Crippen molar-refractivity contribution < 1.29 is 27.4 Å². The molecular weight excluding hydrogens is 399 g/mol. The molecule has 0 saturated carbocycles. The van der Waals surface area contributed by atoms with Crippen molar-refractivity contribution in [3.05, 3.63) is 53.3 Å². The highest BCUT2D eigenvalue weighted by Crippen LogP contribution is 2.35. The number of hydrogen-bond acceptors (Lipinski definition) is 6. The monoisotopic (exact) mass is 419 g/mol. The molecule has 30 heavy (non-hydrogen) atoms. The lowest BCUT2D eigenvalue weighted by molar-refractivity contribution is -0.137. The van der Waals surface area contributed by atoms with E-state index < -0.39 is 11.7 Å². The average molecular weight is 419 g/mol. The van der Waals surface area contributed by atoms with E-state index in [0.29, 0.717) is 66.0 Å². The summed E-state index contributed by atoms with van der Waals surface area (Å²) in [5.41, 5.74) is 0.459. The Morgan fingerprint density at radius 1 is 0.967 bits per heavy atom. The lowest BCUT2D eigenvalue weighted by Crippen LogP contribution is -2.08. The summed E-state index contributed by atoms with van der Waals surface area (Å²) in [7, 11) is 0. The summed E-state index contributed by atoms with van der Waals surface area (Å²) in [4.78, 5) is 8.89. The molecule has 0 aliphatic carbocycles. The molecule has 0 fully saturated rings. The van der Waals surface area contributed by atoms with Gasteiger partial charge in [0.25, 0.3) is 0 Å². The van der Waals surface area contributed by atoms with E-state index in [0.717, 1.165) is 12.1 Å². The molecule has 0 saturated heterocycles. The van der Waals surface area contributed by atoms with Crippen LogP contribution in [0.25, 0.3) is 10.9 Å². The number of alkyl halides is 3. The van der Waals surface area contributed by atoms with Gasteiger partial charge in [0.1, 0.15) is 24.9 Å². The third kappa shape index (κ3) is 4.56. The lowest BCUT2D eigenvalue weighted by atomic mass is 10.1. The Labute approximate surface area is 171 Å². The number of fused-ring (bicyclic) bond motifs is 2. The van der Waals surface area contributed by atoms with Crippen molar-refractivity contribution in [2.45, 2.75) is 19.6 Å². The molecule has 1 aliphatic heterocycles. The van der Waals surface area contributed by atoms with Gasteiger partial charge in [0.2, 0.25) is 0 Å². The van der Waals surface area contributed by atoms with Crippen molar-refractivity contribution in [1.29, 1.82) is 0 Å². The predicted molar refractivity (Wildman–Crippen MR) is 105 cm³/mol. The number of halogens is 3. The molecule has 3 aromatic rings. The summed E-state index contributed by atoms with van der Waals surface area (Å²) in [6, 6.07) is 8.76. The van der Waals surface area contributed by atoms with E-state index in [2.05, 4.69) is 15.3 Å². The third-order valence-corrected chi connectivity index (χ3v) is 4.56. The van der Waals surface area contributed by atoms with E-state index in [9.17, 15) is 13.2 Å². The summed E-state index contributed by atoms with van der Waals surface area (Å²) in [6.45, 7) is 3.62. The molecule has 0 radical (unpaired) electrons. The minimum Gasteiger partial charge on any atom is -0.487 e. The molecule has 2 aromatic carbocycles. The Kier molecular flexibility index (Phi) is 5.63. The topological polar surface area (TPSA) is 65.5 Å². The van der Waals surface area contributed by atoms with Gasteiger partial charge >= 0.3 is 6.18 Å². The Morgan fingerprint density at radius 2 is 1.70 bits per heavy atom. The molecule has 0 bridgehead atoms. The smallest absolute Gasteiger partial charge is 0.416 e. The zero-order valence-electron chi connectivity index (χ0n) is 16.3. The fourth-order valence-electron chi connectivity index (χ4n) is 3.18. The molecule has 0 atom stereocenters. The Hall–Kier alpha value is -3.07. The second-order valence-corrected chi connectivity index (χ2v) is 6.80. The molecule has 0 amide bonds. The normalized spacial score (nSPS) is 14.7. The minimum atomic E-state index is -4.38. The van der Waals surface area contributed by atoms with Crippen molar-refractivity contribution in [3.8, 4) is 11.5 Å².